The number of nitriles is 1. The first-order valence-corrected chi connectivity index (χ1v) is 6.73. The van der Waals surface area contributed by atoms with Gasteiger partial charge in [-0.05, 0) is 44.0 Å². The zero-order valence-corrected chi connectivity index (χ0v) is 11.2. The third kappa shape index (κ3) is 3.69. The molecule has 0 amide bonds. The van der Waals surface area contributed by atoms with Gasteiger partial charge in [-0.15, -0.1) is 0 Å². The third-order valence-corrected chi connectivity index (χ3v) is 3.51. The summed E-state index contributed by atoms with van der Waals surface area (Å²) >= 11 is 0. The Bertz CT molecular complexity index is 438. The Morgan fingerprint density at radius 3 is 2.84 bits per heavy atom. The van der Waals surface area contributed by atoms with Gasteiger partial charge < -0.3 is 9.84 Å². The molecule has 0 aliphatic carbocycles. The van der Waals surface area contributed by atoms with E-state index in [0.717, 1.165) is 31.7 Å². The molecule has 1 aliphatic rings. The van der Waals surface area contributed by atoms with Gasteiger partial charge in [0.05, 0.1) is 6.61 Å². The lowest BCUT2D eigenvalue weighted by Gasteiger charge is -2.22. The Kier molecular flexibility index (Phi) is 4.78. The summed E-state index contributed by atoms with van der Waals surface area (Å²) in [6.45, 7) is 3.87. The normalized spacial score (nSPS) is 21.0. The molecule has 0 aromatic heterocycles. The third-order valence-electron chi connectivity index (χ3n) is 3.51. The number of hydrogen-bond donors (Lipinski definition) is 1. The van der Waals surface area contributed by atoms with Crippen molar-refractivity contribution in [2.75, 3.05) is 13.2 Å². The minimum atomic E-state index is -0.428. The molecule has 0 bridgehead atoms. The van der Waals surface area contributed by atoms with Crippen LogP contribution in [-0.2, 0) is 6.54 Å². The quantitative estimate of drug-likeness (QED) is 0.879. The SMILES string of the molecule is CC(C#N)Oc1ccc(CN2CCC[C@@H]2CO)cc1. The summed E-state index contributed by atoms with van der Waals surface area (Å²) in [5.41, 5.74) is 1.21. The van der Waals surface area contributed by atoms with Crippen LogP contribution in [-0.4, -0.2) is 35.3 Å². The Hall–Kier alpha value is -1.57. The van der Waals surface area contributed by atoms with Crippen LogP contribution in [0.2, 0.25) is 0 Å². The molecule has 1 fully saturated rings. The van der Waals surface area contributed by atoms with Gasteiger partial charge in [0.15, 0.2) is 6.10 Å². The highest BCUT2D eigenvalue weighted by molar-refractivity contribution is 5.28. The molecule has 4 heteroatoms. The lowest BCUT2D eigenvalue weighted by Crippen LogP contribution is -2.31. The number of rotatable bonds is 5. The van der Waals surface area contributed by atoms with E-state index in [4.69, 9.17) is 10.00 Å². The fraction of sp³-hybridized carbons (Fsp3) is 0.533. The molecular formula is C15H20N2O2. The van der Waals surface area contributed by atoms with Crippen molar-refractivity contribution in [3.05, 3.63) is 29.8 Å². The van der Waals surface area contributed by atoms with Crippen molar-refractivity contribution < 1.29 is 9.84 Å². The van der Waals surface area contributed by atoms with Crippen molar-refractivity contribution in [3.8, 4) is 11.8 Å². The number of benzene rings is 1. The second-order valence-corrected chi connectivity index (χ2v) is 4.98. The van der Waals surface area contributed by atoms with E-state index in [-0.39, 0.29) is 6.61 Å². The molecule has 1 unspecified atom stereocenters. The molecule has 102 valence electrons. The highest BCUT2D eigenvalue weighted by Gasteiger charge is 2.23. The molecule has 1 saturated heterocycles. The van der Waals surface area contributed by atoms with Gasteiger partial charge in [-0.2, -0.15) is 5.26 Å². The Morgan fingerprint density at radius 2 is 2.21 bits per heavy atom. The van der Waals surface area contributed by atoms with Crippen LogP contribution in [0.25, 0.3) is 0 Å². The molecule has 2 rings (SSSR count). The lowest BCUT2D eigenvalue weighted by atomic mass is 10.2. The average molecular weight is 260 g/mol. The van der Waals surface area contributed by atoms with E-state index in [1.54, 1.807) is 6.92 Å². The molecular weight excluding hydrogens is 240 g/mol. The maximum atomic E-state index is 9.29. The standard InChI is InChI=1S/C15H20N2O2/c1-12(9-16)19-15-6-4-13(5-7-15)10-17-8-2-3-14(17)11-18/h4-7,12,14,18H,2-3,8,10-11H2,1H3/t12?,14-/m1/s1. The average Bonchev–Trinajstić information content (AvgIpc) is 2.88. The van der Waals surface area contributed by atoms with Crippen LogP contribution >= 0.6 is 0 Å². The smallest absolute Gasteiger partial charge is 0.181 e. The monoisotopic (exact) mass is 260 g/mol. The molecule has 19 heavy (non-hydrogen) atoms. The van der Waals surface area contributed by atoms with E-state index in [1.807, 2.05) is 30.3 Å². The zero-order chi connectivity index (χ0) is 13.7. The highest BCUT2D eigenvalue weighted by Crippen LogP contribution is 2.21. The fourth-order valence-corrected chi connectivity index (χ4v) is 2.45. The maximum absolute atomic E-state index is 9.29. The summed E-state index contributed by atoms with van der Waals surface area (Å²) < 4.78 is 5.42. The predicted molar refractivity (Wildman–Crippen MR) is 72.7 cm³/mol. The van der Waals surface area contributed by atoms with E-state index in [0.29, 0.717) is 6.04 Å². The van der Waals surface area contributed by atoms with Gasteiger partial charge in [-0.3, -0.25) is 4.90 Å². The van der Waals surface area contributed by atoms with Gasteiger partial charge in [-0.1, -0.05) is 12.1 Å². The van der Waals surface area contributed by atoms with Crippen LogP contribution < -0.4 is 4.74 Å². The topological polar surface area (TPSA) is 56.5 Å². The van der Waals surface area contributed by atoms with Gasteiger partial charge >= 0.3 is 0 Å². The lowest BCUT2D eigenvalue weighted by molar-refractivity contribution is 0.153. The Labute approximate surface area is 114 Å². The van der Waals surface area contributed by atoms with Crippen LogP contribution in [0.5, 0.6) is 5.75 Å². The second-order valence-electron chi connectivity index (χ2n) is 4.98. The number of aliphatic hydroxyl groups excluding tert-OH is 1. The van der Waals surface area contributed by atoms with Gasteiger partial charge in [0, 0.05) is 12.6 Å². The van der Waals surface area contributed by atoms with Gasteiger partial charge in [-0.25, -0.2) is 0 Å². The number of ether oxygens (including phenoxy) is 1. The Balaban J connectivity index is 1.93. The van der Waals surface area contributed by atoms with Crippen LogP contribution in [0.4, 0.5) is 0 Å². The van der Waals surface area contributed by atoms with Crippen LogP contribution in [0.15, 0.2) is 24.3 Å². The van der Waals surface area contributed by atoms with Crippen molar-refractivity contribution >= 4 is 0 Å². The number of nitrogens with zero attached hydrogens (tertiary/aromatic N) is 2. The molecule has 1 heterocycles. The van der Waals surface area contributed by atoms with Crippen LogP contribution in [0.3, 0.4) is 0 Å². The zero-order valence-electron chi connectivity index (χ0n) is 11.2. The van der Waals surface area contributed by atoms with Crippen molar-refractivity contribution in [2.45, 2.75) is 38.5 Å². The van der Waals surface area contributed by atoms with Gasteiger partial charge in [0.1, 0.15) is 11.8 Å². The molecule has 0 radical (unpaired) electrons. The Morgan fingerprint density at radius 1 is 1.47 bits per heavy atom. The first kappa shape index (κ1) is 13.9. The van der Waals surface area contributed by atoms with Crippen molar-refractivity contribution in [3.63, 3.8) is 0 Å². The number of likely N-dealkylation sites (tertiary alicyclic amines) is 1. The molecule has 0 spiro atoms. The van der Waals surface area contributed by atoms with Crippen molar-refractivity contribution in [1.82, 2.24) is 4.90 Å². The molecule has 1 N–H and O–H groups in total. The van der Waals surface area contributed by atoms with E-state index in [2.05, 4.69) is 4.90 Å². The summed E-state index contributed by atoms with van der Waals surface area (Å²) in [5, 5.41) is 18.0. The summed E-state index contributed by atoms with van der Waals surface area (Å²) in [4.78, 5) is 2.31. The van der Waals surface area contributed by atoms with Crippen LogP contribution in [0, 0.1) is 11.3 Å². The second kappa shape index (κ2) is 6.55. The highest BCUT2D eigenvalue weighted by atomic mass is 16.5. The van der Waals surface area contributed by atoms with Gasteiger partial charge in [0.25, 0.3) is 0 Å². The summed E-state index contributed by atoms with van der Waals surface area (Å²) in [6, 6.07) is 10.2. The number of hydrogen-bond acceptors (Lipinski definition) is 4. The molecule has 1 aliphatic heterocycles. The molecule has 4 nitrogen and oxygen atoms in total. The fourth-order valence-electron chi connectivity index (χ4n) is 2.45. The predicted octanol–water partition coefficient (Wildman–Crippen LogP) is 1.93. The maximum Gasteiger partial charge on any atom is 0.181 e. The van der Waals surface area contributed by atoms with Crippen molar-refractivity contribution in [1.29, 1.82) is 5.26 Å². The minimum Gasteiger partial charge on any atom is -0.476 e. The van der Waals surface area contributed by atoms with E-state index < -0.39 is 6.10 Å². The summed E-state index contributed by atoms with van der Waals surface area (Å²) in [5.74, 6) is 0.720. The molecule has 1 aromatic rings. The molecule has 0 saturated carbocycles. The minimum absolute atomic E-state index is 0.237. The van der Waals surface area contributed by atoms with E-state index >= 15 is 0 Å². The summed E-state index contributed by atoms with van der Waals surface area (Å²) in [7, 11) is 0. The van der Waals surface area contributed by atoms with E-state index in [9.17, 15) is 5.11 Å². The largest absolute Gasteiger partial charge is 0.476 e. The molecule has 2 atom stereocenters. The number of aliphatic hydroxyl groups is 1. The first-order chi connectivity index (χ1) is 9.22. The van der Waals surface area contributed by atoms with Crippen molar-refractivity contribution in [2.24, 2.45) is 0 Å². The van der Waals surface area contributed by atoms with Crippen LogP contribution in [0.1, 0.15) is 25.3 Å². The first-order valence-electron chi connectivity index (χ1n) is 6.73. The molecule has 1 aromatic carbocycles. The summed E-state index contributed by atoms with van der Waals surface area (Å²) in [6.07, 6.45) is 1.81. The van der Waals surface area contributed by atoms with Gasteiger partial charge in [0.2, 0.25) is 0 Å². The van der Waals surface area contributed by atoms with E-state index in [1.165, 1.54) is 5.56 Å².